The second-order valence-corrected chi connectivity index (χ2v) is 3.56. The molecule has 0 saturated heterocycles. The first-order valence-electron chi connectivity index (χ1n) is 5.14. The van der Waals surface area contributed by atoms with E-state index in [1.165, 1.54) is 6.07 Å². The minimum Gasteiger partial charge on any atom is -0.454 e. The van der Waals surface area contributed by atoms with Gasteiger partial charge in [-0.1, -0.05) is 0 Å². The van der Waals surface area contributed by atoms with Gasteiger partial charge in [0.25, 0.3) is 0 Å². The van der Waals surface area contributed by atoms with Crippen LogP contribution >= 0.6 is 0 Å². The van der Waals surface area contributed by atoms with E-state index in [2.05, 4.69) is 9.97 Å². The van der Waals surface area contributed by atoms with Crippen LogP contribution in [-0.2, 0) is 0 Å². The highest BCUT2D eigenvalue weighted by Gasteiger charge is 2.06. The van der Waals surface area contributed by atoms with Crippen LogP contribution in [0.2, 0.25) is 0 Å². The minimum atomic E-state index is -0.140. The van der Waals surface area contributed by atoms with E-state index in [0.717, 1.165) is 5.56 Å². The molecule has 17 heavy (non-hydrogen) atoms. The van der Waals surface area contributed by atoms with E-state index in [4.69, 9.17) is 4.42 Å². The van der Waals surface area contributed by atoms with E-state index in [-0.39, 0.29) is 5.43 Å². The Morgan fingerprint density at radius 1 is 1.06 bits per heavy atom. The third-order valence-electron chi connectivity index (χ3n) is 2.45. The predicted molar refractivity (Wildman–Crippen MR) is 63.5 cm³/mol. The van der Waals surface area contributed by atoms with Crippen molar-refractivity contribution in [3.05, 3.63) is 59.1 Å². The van der Waals surface area contributed by atoms with Crippen LogP contribution in [0, 0.1) is 0 Å². The Labute approximate surface area is 96.6 Å². The van der Waals surface area contributed by atoms with Crippen molar-refractivity contribution < 1.29 is 4.42 Å². The summed E-state index contributed by atoms with van der Waals surface area (Å²) in [5.74, 6) is 0.526. The number of rotatable bonds is 1. The topological polar surface area (TPSA) is 56.0 Å². The molecule has 0 bridgehead atoms. The normalized spacial score (nSPS) is 10.6. The summed E-state index contributed by atoms with van der Waals surface area (Å²) in [5, 5.41) is 0. The van der Waals surface area contributed by atoms with Crippen molar-refractivity contribution in [3.63, 3.8) is 0 Å². The summed E-state index contributed by atoms with van der Waals surface area (Å²) in [5.41, 5.74) is 1.53. The molecular weight excluding hydrogens is 216 g/mol. The molecule has 0 unspecified atom stereocenters. The first-order valence-corrected chi connectivity index (χ1v) is 5.14. The van der Waals surface area contributed by atoms with Gasteiger partial charge in [-0.05, 0) is 24.3 Å². The van der Waals surface area contributed by atoms with Crippen LogP contribution in [0.3, 0.4) is 0 Å². The zero-order valence-electron chi connectivity index (χ0n) is 8.83. The molecule has 0 aliphatic carbocycles. The molecule has 82 valence electrons. The van der Waals surface area contributed by atoms with Crippen LogP contribution < -0.4 is 5.43 Å². The molecule has 3 aromatic heterocycles. The van der Waals surface area contributed by atoms with E-state index in [1.54, 1.807) is 42.9 Å². The molecule has 0 saturated carbocycles. The first-order chi connectivity index (χ1) is 8.34. The van der Waals surface area contributed by atoms with Gasteiger partial charge in [0.1, 0.15) is 5.76 Å². The highest BCUT2D eigenvalue weighted by molar-refractivity contribution is 5.74. The van der Waals surface area contributed by atoms with Gasteiger partial charge in [-0.2, -0.15) is 0 Å². The molecule has 0 aliphatic rings. The third-order valence-corrected chi connectivity index (χ3v) is 2.45. The van der Waals surface area contributed by atoms with Crippen molar-refractivity contribution in [2.75, 3.05) is 0 Å². The fourth-order valence-electron chi connectivity index (χ4n) is 1.65. The summed E-state index contributed by atoms with van der Waals surface area (Å²) in [4.78, 5) is 19.8. The fraction of sp³-hybridized carbons (Fsp3) is 0. The van der Waals surface area contributed by atoms with Gasteiger partial charge in [0.05, 0.1) is 0 Å². The average molecular weight is 224 g/mol. The predicted octanol–water partition coefficient (Wildman–Crippen LogP) is 2.25. The molecule has 3 heterocycles. The molecule has 0 amide bonds. The molecule has 0 aliphatic heterocycles. The van der Waals surface area contributed by atoms with Crippen molar-refractivity contribution in [2.45, 2.75) is 0 Å². The van der Waals surface area contributed by atoms with Crippen LogP contribution in [-0.4, -0.2) is 9.97 Å². The zero-order valence-corrected chi connectivity index (χ0v) is 8.83. The summed E-state index contributed by atoms with van der Waals surface area (Å²) in [6, 6.07) is 8.50. The summed E-state index contributed by atoms with van der Waals surface area (Å²) in [7, 11) is 0. The number of nitrogens with zero attached hydrogens (tertiary/aromatic N) is 2. The Kier molecular flexibility index (Phi) is 2.19. The third kappa shape index (κ3) is 1.69. The summed E-state index contributed by atoms with van der Waals surface area (Å²) in [6.07, 6.45) is 4.89. The van der Waals surface area contributed by atoms with Gasteiger partial charge in [0, 0.05) is 30.2 Å². The van der Waals surface area contributed by atoms with E-state index in [9.17, 15) is 4.79 Å². The Morgan fingerprint density at radius 2 is 1.88 bits per heavy atom. The molecule has 4 nitrogen and oxygen atoms in total. The van der Waals surface area contributed by atoms with Gasteiger partial charge < -0.3 is 4.42 Å². The van der Waals surface area contributed by atoms with Crippen LogP contribution in [0.15, 0.2) is 58.1 Å². The van der Waals surface area contributed by atoms with Crippen molar-refractivity contribution in [2.24, 2.45) is 0 Å². The molecule has 0 fully saturated rings. The molecule has 3 aromatic rings. The summed E-state index contributed by atoms with van der Waals surface area (Å²) in [6.45, 7) is 0. The van der Waals surface area contributed by atoms with Gasteiger partial charge in [-0.15, -0.1) is 0 Å². The monoisotopic (exact) mass is 224 g/mol. The van der Waals surface area contributed by atoms with Gasteiger partial charge >= 0.3 is 0 Å². The second kappa shape index (κ2) is 3.83. The number of fused-ring (bicyclic) bond motifs is 1. The minimum absolute atomic E-state index is 0.140. The van der Waals surface area contributed by atoms with Crippen molar-refractivity contribution in [3.8, 4) is 11.3 Å². The van der Waals surface area contributed by atoms with Crippen LogP contribution in [0.4, 0.5) is 0 Å². The van der Waals surface area contributed by atoms with Crippen molar-refractivity contribution in [1.82, 2.24) is 9.97 Å². The van der Waals surface area contributed by atoms with E-state index < -0.39 is 0 Å². The highest BCUT2D eigenvalue weighted by atomic mass is 16.3. The largest absolute Gasteiger partial charge is 0.454 e. The van der Waals surface area contributed by atoms with Gasteiger partial charge in [0.2, 0.25) is 5.43 Å². The number of hydrogen-bond donors (Lipinski definition) is 0. The summed E-state index contributed by atoms with van der Waals surface area (Å²) < 4.78 is 5.64. The number of aromatic nitrogens is 2. The highest BCUT2D eigenvalue weighted by Crippen LogP contribution is 2.19. The van der Waals surface area contributed by atoms with Gasteiger partial charge in [-0.25, -0.2) is 4.98 Å². The summed E-state index contributed by atoms with van der Waals surface area (Å²) >= 11 is 0. The molecule has 0 atom stereocenters. The lowest BCUT2D eigenvalue weighted by molar-refractivity contribution is 0.617. The van der Waals surface area contributed by atoms with Crippen LogP contribution in [0.1, 0.15) is 0 Å². The molecule has 0 N–H and O–H groups in total. The molecular formula is C13H8N2O2. The quantitative estimate of drug-likeness (QED) is 0.636. The van der Waals surface area contributed by atoms with Crippen molar-refractivity contribution >= 4 is 11.1 Å². The average Bonchev–Trinajstić information content (AvgIpc) is 2.40. The smallest absolute Gasteiger partial charge is 0.211 e. The molecule has 0 aromatic carbocycles. The first kappa shape index (κ1) is 9.72. The van der Waals surface area contributed by atoms with Crippen LogP contribution in [0.25, 0.3) is 22.4 Å². The molecule has 3 rings (SSSR count). The fourth-order valence-corrected chi connectivity index (χ4v) is 1.65. The van der Waals surface area contributed by atoms with E-state index in [1.807, 2.05) is 0 Å². The zero-order chi connectivity index (χ0) is 11.7. The second-order valence-electron chi connectivity index (χ2n) is 3.56. The maximum atomic E-state index is 11.8. The Hall–Kier alpha value is -2.49. The molecule has 0 spiro atoms. The Bertz CT molecular complexity index is 720. The number of pyridine rings is 2. The van der Waals surface area contributed by atoms with Crippen molar-refractivity contribution in [1.29, 1.82) is 0 Å². The van der Waals surface area contributed by atoms with Crippen LogP contribution in [0.5, 0.6) is 0 Å². The maximum absolute atomic E-state index is 11.8. The lowest BCUT2D eigenvalue weighted by Crippen LogP contribution is -2.01. The lowest BCUT2D eigenvalue weighted by Gasteiger charge is -2.01. The Balaban J connectivity index is 2.30. The number of hydrogen-bond acceptors (Lipinski definition) is 4. The van der Waals surface area contributed by atoms with Gasteiger partial charge in [0.15, 0.2) is 11.1 Å². The molecule has 0 radical (unpaired) electrons. The van der Waals surface area contributed by atoms with E-state index >= 15 is 0 Å². The Morgan fingerprint density at radius 3 is 2.71 bits per heavy atom. The maximum Gasteiger partial charge on any atom is 0.211 e. The molecule has 4 heteroatoms. The van der Waals surface area contributed by atoms with Gasteiger partial charge in [-0.3, -0.25) is 9.78 Å². The standard InChI is InChI=1S/C13H8N2O2/c16-10-8-12(9-3-6-14-7-4-9)17-11-2-1-5-15-13(10)11/h1-8H. The SMILES string of the molecule is O=c1cc(-c2ccncc2)oc2cccnc12. The lowest BCUT2D eigenvalue weighted by atomic mass is 10.2. The van der Waals surface area contributed by atoms with E-state index in [0.29, 0.717) is 16.9 Å².